The van der Waals surface area contributed by atoms with E-state index in [4.69, 9.17) is 4.74 Å². The lowest BCUT2D eigenvalue weighted by Crippen LogP contribution is -2.36. The molecule has 5 nitrogen and oxygen atoms in total. The zero-order valence-electron chi connectivity index (χ0n) is 14.2. The van der Waals surface area contributed by atoms with Crippen LogP contribution in [0.2, 0.25) is 0 Å². The van der Waals surface area contributed by atoms with Crippen LogP contribution in [0.4, 0.5) is 33.3 Å². The molecule has 0 saturated carbocycles. The Bertz CT molecular complexity index is 858. The van der Waals surface area contributed by atoms with Crippen molar-refractivity contribution in [1.82, 2.24) is 4.98 Å². The number of hydrogen-bond donors (Lipinski definition) is 1. The van der Waals surface area contributed by atoms with Gasteiger partial charge >= 0.3 is 0 Å². The number of hydrazone groups is 1. The van der Waals surface area contributed by atoms with Gasteiger partial charge in [-0.15, -0.1) is 0 Å². The third-order valence-electron chi connectivity index (χ3n) is 4.05. The van der Waals surface area contributed by atoms with Crippen LogP contribution in [0, 0.1) is 29.3 Å². The van der Waals surface area contributed by atoms with Crippen molar-refractivity contribution in [3.63, 3.8) is 0 Å². The van der Waals surface area contributed by atoms with Gasteiger partial charge in [-0.25, -0.2) is 4.39 Å². The van der Waals surface area contributed by atoms with Crippen molar-refractivity contribution in [3.05, 3.63) is 53.1 Å². The number of hydrogen-bond acceptors (Lipinski definition) is 5. The predicted molar refractivity (Wildman–Crippen MR) is 89.3 cm³/mol. The molecular weight excluding hydrogens is 371 g/mol. The summed E-state index contributed by atoms with van der Waals surface area (Å²) in [6.07, 6.45) is 0. The molecule has 1 aromatic carbocycles. The number of nitrogens with one attached hydrogen (secondary N) is 1. The first kappa shape index (κ1) is 19.0. The van der Waals surface area contributed by atoms with E-state index in [-0.39, 0.29) is 5.71 Å². The van der Waals surface area contributed by atoms with Gasteiger partial charge in [0.15, 0.2) is 0 Å². The molecule has 2 aromatic rings. The monoisotopic (exact) mass is 386 g/mol. The number of rotatable bonds is 4. The second-order valence-electron chi connectivity index (χ2n) is 5.77. The Morgan fingerprint density at radius 3 is 2.30 bits per heavy atom. The molecule has 0 atom stereocenters. The number of morpholine rings is 1. The Morgan fingerprint density at radius 1 is 1.07 bits per heavy atom. The van der Waals surface area contributed by atoms with Gasteiger partial charge in [-0.1, -0.05) is 6.07 Å². The summed E-state index contributed by atoms with van der Waals surface area (Å²) in [7, 11) is 0. The van der Waals surface area contributed by atoms with E-state index in [2.05, 4.69) is 10.1 Å². The summed E-state index contributed by atoms with van der Waals surface area (Å²) < 4.78 is 73.0. The number of aromatic nitrogens is 1. The Hall–Kier alpha value is -2.75. The highest BCUT2D eigenvalue weighted by atomic mass is 19.2. The van der Waals surface area contributed by atoms with Crippen molar-refractivity contribution >= 4 is 17.1 Å². The van der Waals surface area contributed by atoms with Crippen LogP contribution in [0.3, 0.4) is 0 Å². The summed E-state index contributed by atoms with van der Waals surface area (Å²) in [6.45, 7) is 3.56. The minimum Gasteiger partial charge on any atom is -0.378 e. The van der Waals surface area contributed by atoms with Crippen LogP contribution in [0.5, 0.6) is 0 Å². The SMILES string of the molecule is C/C(=N/Nc1c(F)c(F)nc(F)c1F)c1ccc(N2CCOCC2)c(F)c1. The van der Waals surface area contributed by atoms with Gasteiger partial charge in [0.05, 0.1) is 24.6 Å². The number of anilines is 2. The zero-order chi connectivity index (χ0) is 19.6. The molecule has 10 heteroatoms. The molecule has 27 heavy (non-hydrogen) atoms. The first-order chi connectivity index (χ1) is 12.9. The lowest BCUT2D eigenvalue weighted by Gasteiger charge is -2.29. The van der Waals surface area contributed by atoms with Gasteiger partial charge in [0.2, 0.25) is 11.6 Å². The Morgan fingerprint density at radius 2 is 1.70 bits per heavy atom. The molecule has 3 rings (SSSR count). The fourth-order valence-electron chi connectivity index (χ4n) is 2.58. The topological polar surface area (TPSA) is 49.8 Å². The highest BCUT2D eigenvalue weighted by Crippen LogP contribution is 2.24. The number of halogens is 5. The maximum Gasteiger partial charge on any atom is 0.254 e. The van der Waals surface area contributed by atoms with E-state index in [1.807, 2.05) is 10.3 Å². The largest absolute Gasteiger partial charge is 0.378 e. The van der Waals surface area contributed by atoms with E-state index in [1.165, 1.54) is 13.0 Å². The summed E-state index contributed by atoms with van der Waals surface area (Å²) in [5.74, 6) is -7.52. The molecule has 0 radical (unpaired) electrons. The number of ether oxygens (including phenoxy) is 1. The second-order valence-corrected chi connectivity index (χ2v) is 5.77. The normalized spacial score (nSPS) is 15.2. The molecule has 1 aromatic heterocycles. The van der Waals surface area contributed by atoms with Crippen molar-refractivity contribution in [1.29, 1.82) is 0 Å². The van der Waals surface area contributed by atoms with Gasteiger partial charge in [0, 0.05) is 18.7 Å². The van der Waals surface area contributed by atoms with E-state index < -0.39 is 35.0 Å². The fourth-order valence-corrected chi connectivity index (χ4v) is 2.58. The molecule has 2 heterocycles. The van der Waals surface area contributed by atoms with E-state index in [0.29, 0.717) is 37.6 Å². The van der Waals surface area contributed by atoms with Crippen LogP contribution in [0.1, 0.15) is 12.5 Å². The third kappa shape index (κ3) is 4.00. The van der Waals surface area contributed by atoms with Gasteiger partial charge in [-0.05, 0) is 19.1 Å². The summed E-state index contributed by atoms with van der Waals surface area (Å²) in [5, 5.41) is 3.68. The Labute approximate surface area is 151 Å². The van der Waals surface area contributed by atoms with E-state index in [1.54, 1.807) is 12.1 Å². The van der Waals surface area contributed by atoms with Gasteiger partial charge in [0.1, 0.15) is 11.5 Å². The summed E-state index contributed by atoms with van der Waals surface area (Å²) in [6, 6.07) is 4.35. The number of benzene rings is 1. The van der Waals surface area contributed by atoms with Gasteiger partial charge in [0.25, 0.3) is 11.9 Å². The first-order valence-electron chi connectivity index (χ1n) is 8.01. The van der Waals surface area contributed by atoms with Gasteiger partial charge in [-0.2, -0.15) is 27.6 Å². The van der Waals surface area contributed by atoms with Crippen molar-refractivity contribution in [2.24, 2.45) is 5.10 Å². The maximum atomic E-state index is 14.4. The molecule has 1 aliphatic heterocycles. The minimum absolute atomic E-state index is 0.152. The molecule has 144 valence electrons. The zero-order valence-corrected chi connectivity index (χ0v) is 14.2. The molecule has 0 aliphatic carbocycles. The van der Waals surface area contributed by atoms with Crippen molar-refractivity contribution in [2.75, 3.05) is 36.6 Å². The smallest absolute Gasteiger partial charge is 0.254 e. The molecule has 1 fully saturated rings. The lowest BCUT2D eigenvalue weighted by atomic mass is 10.1. The Balaban J connectivity index is 1.82. The average molecular weight is 386 g/mol. The Kier molecular flexibility index (Phi) is 5.54. The van der Waals surface area contributed by atoms with E-state index >= 15 is 0 Å². The van der Waals surface area contributed by atoms with Crippen LogP contribution in [-0.4, -0.2) is 37.0 Å². The molecule has 1 aliphatic rings. The fraction of sp³-hybridized carbons (Fsp3) is 0.294. The van der Waals surface area contributed by atoms with Crippen LogP contribution in [0.15, 0.2) is 23.3 Å². The molecule has 0 spiro atoms. The summed E-state index contributed by atoms with van der Waals surface area (Å²) in [5.41, 5.74) is 1.69. The van der Waals surface area contributed by atoms with Gasteiger partial charge < -0.3 is 9.64 Å². The summed E-state index contributed by atoms with van der Waals surface area (Å²) in [4.78, 5) is 4.28. The van der Waals surface area contributed by atoms with Crippen molar-refractivity contribution < 1.29 is 26.7 Å². The number of pyridine rings is 1. The lowest BCUT2D eigenvalue weighted by molar-refractivity contribution is 0.122. The molecule has 0 amide bonds. The third-order valence-corrected chi connectivity index (χ3v) is 4.05. The quantitative estimate of drug-likeness (QED) is 0.379. The highest BCUT2D eigenvalue weighted by molar-refractivity contribution is 5.99. The first-order valence-corrected chi connectivity index (χ1v) is 8.01. The van der Waals surface area contributed by atoms with E-state index in [9.17, 15) is 22.0 Å². The molecule has 0 unspecified atom stereocenters. The van der Waals surface area contributed by atoms with Crippen molar-refractivity contribution in [3.8, 4) is 0 Å². The van der Waals surface area contributed by atoms with E-state index in [0.717, 1.165) is 0 Å². The molecule has 1 saturated heterocycles. The molecular formula is C17H15F5N4O. The molecule has 0 bridgehead atoms. The highest BCUT2D eigenvalue weighted by Gasteiger charge is 2.21. The average Bonchev–Trinajstić information content (AvgIpc) is 2.67. The minimum atomic E-state index is -1.80. The predicted octanol–water partition coefficient (Wildman–Crippen LogP) is 3.45. The van der Waals surface area contributed by atoms with Crippen LogP contribution >= 0.6 is 0 Å². The van der Waals surface area contributed by atoms with Crippen molar-refractivity contribution in [2.45, 2.75) is 6.92 Å². The standard InChI is InChI=1S/C17H15F5N4O/c1-9(24-25-15-13(19)16(21)23-17(22)14(15)20)10-2-3-12(11(18)8-10)26-4-6-27-7-5-26/h2-3,8H,4-7H2,1H3,(H,23,25)/b24-9-. The molecule has 1 N–H and O–H groups in total. The maximum absolute atomic E-state index is 14.4. The van der Waals surface area contributed by atoms with Gasteiger partial charge in [-0.3, -0.25) is 5.43 Å². The van der Waals surface area contributed by atoms with Crippen LogP contribution in [0.25, 0.3) is 0 Å². The van der Waals surface area contributed by atoms with Crippen LogP contribution in [-0.2, 0) is 4.74 Å². The second kappa shape index (κ2) is 7.87. The van der Waals surface area contributed by atoms with Crippen LogP contribution < -0.4 is 10.3 Å². The number of nitrogens with zero attached hydrogens (tertiary/aromatic N) is 3. The summed E-state index contributed by atoms with van der Waals surface area (Å²) >= 11 is 0.